The highest BCUT2D eigenvalue weighted by molar-refractivity contribution is 5.51. The molecule has 0 aliphatic rings. The Morgan fingerprint density at radius 2 is 2.00 bits per heavy atom. The third kappa shape index (κ3) is 2.96. The zero-order chi connectivity index (χ0) is 9.07. The van der Waals surface area contributed by atoms with Crippen molar-refractivity contribution in [1.29, 1.82) is 0 Å². The van der Waals surface area contributed by atoms with Gasteiger partial charge in [0.25, 0.3) is 0 Å². The molecule has 66 valence electrons. The Balaban J connectivity index is 4.15. The molecule has 0 aliphatic heterocycles. The van der Waals surface area contributed by atoms with Crippen LogP contribution in [0.1, 0.15) is 20.3 Å². The van der Waals surface area contributed by atoms with Gasteiger partial charge in [0.15, 0.2) is 0 Å². The van der Waals surface area contributed by atoms with Crippen LogP contribution < -0.4 is 0 Å². The Morgan fingerprint density at radius 3 is 2.27 bits per heavy atom. The summed E-state index contributed by atoms with van der Waals surface area (Å²) < 4.78 is 0. The van der Waals surface area contributed by atoms with E-state index < -0.39 is 17.8 Å². The smallest absolute Gasteiger partial charge is 0.122 e. The van der Waals surface area contributed by atoms with Crippen LogP contribution in [0.4, 0.5) is 0 Å². The molecule has 3 atom stereocenters. The zero-order valence-corrected chi connectivity index (χ0v) is 6.69. The third-order valence-electron chi connectivity index (χ3n) is 1.59. The van der Waals surface area contributed by atoms with Crippen molar-refractivity contribution in [2.24, 2.45) is 0 Å². The van der Waals surface area contributed by atoms with E-state index in [0.717, 1.165) is 0 Å². The highest BCUT2D eigenvalue weighted by Crippen LogP contribution is 2.15. The first-order valence-electron chi connectivity index (χ1n) is 3.44. The molecule has 0 amide bonds. The average Bonchev–Trinajstić information content (AvgIpc) is 1.86. The van der Waals surface area contributed by atoms with E-state index in [9.17, 15) is 9.90 Å². The maximum Gasteiger partial charge on any atom is 0.122 e. The van der Waals surface area contributed by atoms with Crippen molar-refractivity contribution in [3.8, 4) is 0 Å². The van der Waals surface area contributed by atoms with E-state index in [1.165, 1.54) is 13.8 Å². The summed E-state index contributed by atoms with van der Waals surface area (Å²) in [6, 6.07) is 0. The molecule has 0 bridgehead atoms. The molecule has 0 spiro atoms. The number of aliphatic hydroxyl groups excluding tert-OH is 2. The number of hydrogen-bond acceptors (Lipinski definition) is 4. The largest absolute Gasteiger partial charge is 0.391 e. The lowest BCUT2D eigenvalue weighted by Gasteiger charge is -2.28. The maximum absolute atomic E-state index is 9.99. The Bertz CT molecular complexity index is 130. The molecular formula is C7H14O4. The Hall–Kier alpha value is -0.450. The molecule has 3 N–H and O–H groups in total. The van der Waals surface area contributed by atoms with Crippen LogP contribution in [0.15, 0.2) is 0 Å². The summed E-state index contributed by atoms with van der Waals surface area (Å²) in [6.07, 6.45) is -2.00. The van der Waals surface area contributed by atoms with Gasteiger partial charge < -0.3 is 20.1 Å². The van der Waals surface area contributed by atoms with E-state index in [4.69, 9.17) is 10.2 Å². The van der Waals surface area contributed by atoms with Crippen molar-refractivity contribution < 1.29 is 20.1 Å². The quantitative estimate of drug-likeness (QED) is 0.467. The van der Waals surface area contributed by atoms with Gasteiger partial charge in [0.1, 0.15) is 12.4 Å². The van der Waals surface area contributed by atoms with Crippen LogP contribution in [0.25, 0.3) is 0 Å². The molecule has 0 aromatic carbocycles. The fraction of sp³-hybridized carbons (Fsp3) is 0.857. The fourth-order valence-electron chi connectivity index (χ4n) is 0.809. The molecular weight excluding hydrogens is 148 g/mol. The minimum atomic E-state index is -1.53. The molecule has 4 heteroatoms. The van der Waals surface area contributed by atoms with Crippen molar-refractivity contribution in [3.05, 3.63) is 0 Å². The van der Waals surface area contributed by atoms with Crippen LogP contribution in [0.5, 0.6) is 0 Å². The van der Waals surface area contributed by atoms with Crippen molar-refractivity contribution in [3.63, 3.8) is 0 Å². The van der Waals surface area contributed by atoms with E-state index in [1.54, 1.807) is 0 Å². The number of hydrogen-bond donors (Lipinski definition) is 3. The van der Waals surface area contributed by atoms with E-state index in [0.29, 0.717) is 6.29 Å². The van der Waals surface area contributed by atoms with Gasteiger partial charge in [0, 0.05) is 6.42 Å². The van der Waals surface area contributed by atoms with E-state index in [1.807, 2.05) is 0 Å². The highest BCUT2D eigenvalue weighted by Gasteiger charge is 2.32. The van der Waals surface area contributed by atoms with Gasteiger partial charge in [-0.25, -0.2) is 0 Å². The number of aliphatic hydroxyl groups is 3. The summed E-state index contributed by atoms with van der Waals surface area (Å²) in [5.74, 6) is 0. The van der Waals surface area contributed by atoms with E-state index in [2.05, 4.69) is 0 Å². The Labute approximate surface area is 65.5 Å². The molecule has 0 aliphatic carbocycles. The van der Waals surface area contributed by atoms with Crippen LogP contribution in [-0.2, 0) is 4.79 Å². The summed E-state index contributed by atoms with van der Waals surface area (Å²) in [5, 5.41) is 27.3. The molecule has 0 radical (unpaired) electrons. The summed E-state index contributed by atoms with van der Waals surface area (Å²) in [7, 11) is 0. The predicted octanol–water partition coefficient (Wildman–Crippen LogP) is -0.932. The van der Waals surface area contributed by atoms with Gasteiger partial charge in [-0.15, -0.1) is 0 Å². The van der Waals surface area contributed by atoms with Crippen LogP contribution in [0.2, 0.25) is 0 Å². The van der Waals surface area contributed by atoms with Gasteiger partial charge >= 0.3 is 0 Å². The van der Waals surface area contributed by atoms with Gasteiger partial charge in [-0.05, 0) is 13.8 Å². The third-order valence-corrected chi connectivity index (χ3v) is 1.59. The fourth-order valence-corrected chi connectivity index (χ4v) is 0.809. The van der Waals surface area contributed by atoms with Crippen molar-refractivity contribution in [1.82, 2.24) is 0 Å². The standard InChI is InChI=1S/C7H14O4/c1-5(9)6(10)7(2,11)3-4-8/h4-6,9-11H,3H2,1-2H3/t5-,6?,7+/m0/s1. The van der Waals surface area contributed by atoms with Gasteiger partial charge in [-0.2, -0.15) is 0 Å². The topological polar surface area (TPSA) is 77.8 Å². The first kappa shape index (κ1) is 10.6. The average molecular weight is 162 g/mol. The first-order chi connectivity index (χ1) is 4.91. The molecule has 0 aromatic rings. The molecule has 0 saturated heterocycles. The predicted molar refractivity (Wildman–Crippen MR) is 39.0 cm³/mol. The van der Waals surface area contributed by atoms with Crippen LogP contribution in [0, 0.1) is 0 Å². The molecule has 0 saturated carbocycles. The zero-order valence-electron chi connectivity index (χ0n) is 6.69. The lowest BCUT2D eigenvalue weighted by atomic mass is 9.93. The van der Waals surface area contributed by atoms with Gasteiger partial charge in [-0.1, -0.05) is 0 Å². The minimum Gasteiger partial charge on any atom is -0.391 e. The molecule has 1 unspecified atom stereocenters. The van der Waals surface area contributed by atoms with Crippen LogP contribution in [-0.4, -0.2) is 39.4 Å². The van der Waals surface area contributed by atoms with Crippen molar-refractivity contribution in [2.75, 3.05) is 0 Å². The van der Waals surface area contributed by atoms with E-state index in [-0.39, 0.29) is 6.42 Å². The molecule has 11 heavy (non-hydrogen) atoms. The van der Waals surface area contributed by atoms with Gasteiger partial charge in [-0.3, -0.25) is 0 Å². The lowest BCUT2D eigenvalue weighted by molar-refractivity contribution is -0.129. The van der Waals surface area contributed by atoms with E-state index >= 15 is 0 Å². The number of carbonyl (C=O) groups excluding carboxylic acids is 1. The van der Waals surface area contributed by atoms with Gasteiger partial charge in [0.2, 0.25) is 0 Å². The molecule has 0 rings (SSSR count). The summed E-state index contributed by atoms with van der Waals surface area (Å²) >= 11 is 0. The number of carbonyl (C=O) groups is 1. The number of rotatable bonds is 4. The van der Waals surface area contributed by atoms with Crippen LogP contribution >= 0.6 is 0 Å². The van der Waals surface area contributed by atoms with Crippen molar-refractivity contribution in [2.45, 2.75) is 38.1 Å². The second kappa shape index (κ2) is 3.80. The first-order valence-corrected chi connectivity index (χ1v) is 3.44. The SMILES string of the molecule is C[C@H](O)C(O)[C@](C)(O)CC=O. The minimum absolute atomic E-state index is 0.181. The number of aldehydes is 1. The molecule has 4 nitrogen and oxygen atoms in total. The van der Waals surface area contributed by atoms with Crippen LogP contribution in [0.3, 0.4) is 0 Å². The summed E-state index contributed by atoms with van der Waals surface area (Å²) in [6.45, 7) is 2.66. The summed E-state index contributed by atoms with van der Waals surface area (Å²) in [4.78, 5) is 9.99. The second-order valence-electron chi connectivity index (χ2n) is 2.91. The van der Waals surface area contributed by atoms with Crippen molar-refractivity contribution >= 4 is 6.29 Å². The molecule has 0 aromatic heterocycles. The monoisotopic (exact) mass is 162 g/mol. The molecule has 0 heterocycles. The second-order valence-corrected chi connectivity index (χ2v) is 2.91. The normalized spacial score (nSPS) is 21.9. The summed E-state index contributed by atoms with van der Waals surface area (Å²) in [5.41, 5.74) is -1.53. The lowest BCUT2D eigenvalue weighted by Crippen LogP contribution is -2.46. The Kier molecular flexibility index (Phi) is 3.65. The maximum atomic E-state index is 9.99. The van der Waals surface area contributed by atoms with Gasteiger partial charge in [0.05, 0.1) is 11.7 Å². The molecule has 0 fully saturated rings. The Morgan fingerprint density at radius 1 is 1.55 bits per heavy atom. The highest BCUT2D eigenvalue weighted by atomic mass is 16.4.